The van der Waals surface area contributed by atoms with E-state index in [1.165, 1.54) is 0 Å². The van der Waals surface area contributed by atoms with Gasteiger partial charge in [0, 0.05) is 17.7 Å². The summed E-state index contributed by atoms with van der Waals surface area (Å²) in [7, 11) is 3.15. The van der Waals surface area contributed by atoms with Crippen molar-refractivity contribution in [3.05, 3.63) is 22.7 Å². The maximum absolute atomic E-state index is 5.97. The zero-order valence-electron chi connectivity index (χ0n) is 8.50. The van der Waals surface area contributed by atoms with Gasteiger partial charge in [0.05, 0.1) is 19.2 Å². The van der Waals surface area contributed by atoms with Crippen molar-refractivity contribution >= 4 is 11.6 Å². The maximum Gasteiger partial charge on any atom is 0.141 e. The molecule has 0 amide bonds. The molecule has 0 aliphatic carbocycles. The molecule has 0 aliphatic heterocycles. The second kappa shape index (κ2) is 4.53. The van der Waals surface area contributed by atoms with Crippen molar-refractivity contribution in [2.75, 3.05) is 14.2 Å². The van der Waals surface area contributed by atoms with E-state index in [4.69, 9.17) is 26.8 Å². The SMILES string of the molecule is COc1cc(OC)c(C(C)N)cc1Cl. The molecule has 14 heavy (non-hydrogen) atoms. The standard InChI is InChI=1S/C10H14ClNO2/c1-6(12)7-4-8(11)10(14-3)5-9(7)13-2/h4-6H,12H2,1-3H3. The van der Waals surface area contributed by atoms with Crippen LogP contribution in [0.2, 0.25) is 5.02 Å². The third-order valence-corrected chi connectivity index (χ3v) is 2.29. The van der Waals surface area contributed by atoms with Gasteiger partial charge in [0.2, 0.25) is 0 Å². The summed E-state index contributed by atoms with van der Waals surface area (Å²) in [4.78, 5) is 0. The lowest BCUT2D eigenvalue weighted by atomic mass is 10.1. The number of hydrogen-bond donors (Lipinski definition) is 1. The van der Waals surface area contributed by atoms with Crippen molar-refractivity contribution in [2.24, 2.45) is 5.73 Å². The van der Waals surface area contributed by atoms with Crippen LogP contribution >= 0.6 is 11.6 Å². The first-order valence-corrected chi connectivity index (χ1v) is 4.65. The molecule has 0 saturated carbocycles. The summed E-state index contributed by atoms with van der Waals surface area (Å²) in [5, 5.41) is 0.542. The molecule has 1 aromatic carbocycles. The van der Waals surface area contributed by atoms with Crippen molar-refractivity contribution in [3.8, 4) is 11.5 Å². The van der Waals surface area contributed by atoms with E-state index >= 15 is 0 Å². The van der Waals surface area contributed by atoms with Gasteiger partial charge in [-0.1, -0.05) is 11.6 Å². The Hall–Kier alpha value is -0.930. The number of nitrogens with two attached hydrogens (primary N) is 1. The molecule has 3 nitrogen and oxygen atoms in total. The smallest absolute Gasteiger partial charge is 0.141 e. The Balaban J connectivity index is 3.24. The van der Waals surface area contributed by atoms with Crippen molar-refractivity contribution in [1.82, 2.24) is 0 Å². The van der Waals surface area contributed by atoms with Gasteiger partial charge in [0.15, 0.2) is 0 Å². The summed E-state index contributed by atoms with van der Waals surface area (Å²) >= 11 is 5.97. The predicted molar refractivity (Wildman–Crippen MR) is 57.2 cm³/mol. The predicted octanol–water partition coefficient (Wildman–Crippen LogP) is 2.38. The molecule has 0 saturated heterocycles. The van der Waals surface area contributed by atoms with E-state index < -0.39 is 0 Å². The van der Waals surface area contributed by atoms with Crippen LogP contribution in [-0.2, 0) is 0 Å². The Morgan fingerprint density at radius 3 is 2.21 bits per heavy atom. The Morgan fingerprint density at radius 2 is 1.79 bits per heavy atom. The molecule has 1 rings (SSSR count). The molecule has 0 spiro atoms. The van der Waals surface area contributed by atoms with Gasteiger partial charge in [-0.2, -0.15) is 0 Å². The summed E-state index contributed by atoms with van der Waals surface area (Å²) in [5.74, 6) is 1.29. The minimum atomic E-state index is -0.117. The van der Waals surface area contributed by atoms with Crippen LogP contribution in [0.25, 0.3) is 0 Å². The van der Waals surface area contributed by atoms with Crippen LogP contribution in [0.1, 0.15) is 18.5 Å². The van der Waals surface area contributed by atoms with Crippen molar-refractivity contribution < 1.29 is 9.47 Å². The highest BCUT2D eigenvalue weighted by atomic mass is 35.5. The largest absolute Gasteiger partial charge is 0.496 e. The summed E-state index contributed by atoms with van der Waals surface area (Å²) in [6.45, 7) is 1.88. The molecule has 1 atom stereocenters. The monoisotopic (exact) mass is 215 g/mol. The minimum absolute atomic E-state index is 0.117. The fraction of sp³-hybridized carbons (Fsp3) is 0.400. The second-order valence-corrected chi connectivity index (χ2v) is 3.42. The number of halogens is 1. The van der Waals surface area contributed by atoms with Crippen LogP contribution < -0.4 is 15.2 Å². The first-order chi connectivity index (χ1) is 6.60. The lowest BCUT2D eigenvalue weighted by molar-refractivity contribution is 0.389. The first-order valence-electron chi connectivity index (χ1n) is 4.27. The van der Waals surface area contributed by atoms with Crippen LogP contribution in [0.15, 0.2) is 12.1 Å². The lowest BCUT2D eigenvalue weighted by Gasteiger charge is -2.14. The Bertz CT molecular complexity index is 326. The molecule has 2 N–H and O–H groups in total. The van der Waals surface area contributed by atoms with Gasteiger partial charge in [0.1, 0.15) is 11.5 Å². The lowest BCUT2D eigenvalue weighted by Crippen LogP contribution is -2.07. The summed E-state index contributed by atoms with van der Waals surface area (Å²) in [6.07, 6.45) is 0. The number of rotatable bonds is 3. The normalized spacial score (nSPS) is 12.4. The Labute approximate surface area is 88.8 Å². The fourth-order valence-electron chi connectivity index (χ4n) is 1.24. The highest BCUT2D eigenvalue weighted by molar-refractivity contribution is 6.32. The summed E-state index contributed by atoms with van der Waals surface area (Å²) in [5.41, 5.74) is 6.64. The molecule has 0 heterocycles. The van der Waals surface area contributed by atoms with Crippen LogP contribution in [0.4, 0.5) is 0 Å². The number of ether oxygens (including phenoxy) is 2. The topological polar surface area (TPSA) is 44.5 Å². The van der Waals surface area contributed by atoms with Gasteiger partial charge in [-0.3, -0.25) is 0 Å². The number of benzene rings is 1. The molecular formula is C10H14ClNO2. The first kappa shape index (κ1) is 11.1. The van der Waals surface area contributed by atoms with E-state index in [2.05, 4.69) is 0 Å². The van der Waals surface area contributed by atoms with E-state index in [1.807, 2.05) is 6.92 Å². The van der Waals surface area contributed by atoms with Crippen molar-refractivity contribution in [1.29, 1.82) is 0 Å². The minimum Gasteiger partial charge on any atom is -0.496 e. The zero-order chi connectivity index (χ0) is 10.7. The molecule has 0 radical (unpaired) electrons. The molecule has 0 bridgehead atoms. The van der Waals surface area contributed by atoms with E-state index in [0.29, 0.717) is 16.5 Å². The average molecular weight is 216 g/mol. The van der Waals surface area contributed by atoms with Crippen LogP contribution in [0.5, 0.6) is 11.5 Å². The molecule has 0 aliphatic rings. The summed E-state index contributed by atoms with van der Waals surface area (Å²) < 4.78 is 10.3. The molecule has 0 fully saturated rings. The van der Waals surface area contributed by atoms with Gasteiger partial charge in [-0.15, -0.1) is 0 Å². The maximum atomic E-state index is 5.97. The molecule has 4 heteroatoms. The molecule has 78 valence electrons. The number of hydrogen-bond acceptors (Lipinski definition) is 3. The Morgan fingerprint density at radius 1 is 1.21 bits per heavy atom. The van der Waals surface area contributed by atoms with Crippen molar-refractivity contribution in [3.63, 3.8) is 0 Å². The van der Waals surface area contributed by atoms with Crippen LogP contribution in [-0.4, -0.2) is 14.2 Å². The van der Waals surface area contributed by atoms with Crippen molar-refractivity contribution in [2.45, 2.75) is 13.0 Å². The Kier molecular flexibility index (Phi) is 3.61. The highest BCUT2D eigenvalue weighted by Crippen LogP contribution is 2.34. The van der Waals surface area contributed by atoms with Gasteiger partial charge in [0.25, 0.3) is 0 Å². The van der Waals surface area contributed by atoms with E-state index in [0.717, 1.165) is 5.56 Å². The summed E-state index contributed by atoms with van der Waals surface area (Å²) in [6, 6.07) is 3.39. The van der Waals surface area contributed by atoms with Gasteiger partial charge < -0.3 is 15.2 Å². The van der Waals surface area contributed by atoms with Gasteiger partial charge >= 0.3 is 0 Å². The van der Waals surface area contributed by atoms with Crippen LogP contribution in [0, 0.1) is 0 Å². The molecule has 0 aromatic heterocycles. The molecular weight excluding hydrogens is 202 g/mol. The highest BCUT2D eigenvalue weighted by Gasteiger charge is 2.12. The second-order valence-electron chi connectivity index (χ2n) is 3.02. The van der Waals surface area contributed by atoms with Crippen LogP contribution in [0.3, 0.4) is 0 Å². The van der Waals surface area contributed by atoms with E-state index in [-0.39, 0.29) is 6.04 Å². The third kappa shape index (κ3) is 2.11. The van der Waals surface area contributed by atoms with E-state index in [1.54, 1.807) is 26.4 Å². The van der Waals surface area contributed by atoms with Gasteiger partial charge in [-0.25, -0.2) is 0 Å². The van der Waals surface area contributed by atoms with Gasteiger partial charge in [-0.05, 0) is 13.0 Å². The quantitative estimate of drug-likeness (QED) is 0.842. The zero-order valence-corrected chi connectivity index (χ0v) is 9.26. The average Bonchev–Trinajstić information content (AvgIpc) is 2.17. The number of methoxy groups -OCH3 is 2. The molecule has 1 unspecified atom stereocenters. The van der Waals surface area contributed by atoms with E-state index in [9.17, 15) is 0 Å². The molecule has 1 aromatic rings. The third-order valence-electron chi connectivity index (χ3n) is 1.99. The fourth-order valence-corrected chi connectivity index (χ4v) is 1.49.